The molecule has 2 atom stereocenters. The molecule has 20 heavy (non-hydrogen) atoms. The lowest BCUT2D eigenvalue weighted by atomic mass is 9.96. The van der Waals surface area contributed by atoms with E-state index in [1.807, 2.05) is 9.80 Å². The summed E-state index contributed by atoms with van der Waals surface area (Å²) in [5.41, 5.74) is 0. The summed E-state index contributed by atoms with van der Waals surface area (Å²) < 4.78 is 5.77. The van der Waals surface area contributed by atoms with Crippen LogP contribution in [0.25, 0.3) is 0 Å². The van der Waals surface area contributed by atoms with E-state index in [4.69, 9.17) is 4.74 Å². The van der Waals surface area contributed by atoms with Crippen molar-refractivity contribution < 1.29 is 14.3 Å². The molecular formula is C15H22N2O3. The lowest BCUT2D eigenvalue weighted by molar-refractivity contribution is -0.157. The van der Waals surface area contributed by atoms with Gasteiger partial charge in [0.25, 0.3) is 0 Å². The largest absolute Gasteiger partial charge is 0.374 e. The van der Waals surface area contributed by atoms with Crippen LogP contribution in [0.5, 0.6) is 0 Å². The molecular weight excluding hydrogens is 256 g/mol. The van der Waals surface area contributed by atoms with Crippen molar-refractivity contribution in [2.75, 3.05) is 26.2 Å². The Kier molecular flexibility index (Phi) is 3.78. The fourth-order valence-electron chi connectivity index (χ4n) is 3.54. The van der Waals surface area contributed by atoms with E-state index in [2.05, 4.69) is 12.2 Å². The van der Waals surface area contributed by atoms with Crippen molar-refractivity contribution in [3.8, 4) is 0 Å². The maximum absolute atomic E-state index is 12.5. The summed E-state index contributed by atoms with van der Waals surface area (Å²) in [6, 6.07) is 0.0355. The third-order valence-electron chi connectivity index (χ3n) is 4.66. The first-order chi connectivity index (χ1) is 9.66. The molecule has 0 aromatic heterocycles. The molecule has 2 amide bonds. The second-order valence-corrected chi connectivity index (χ2v) is 5.90. The van der Waals surface area contributed by atoms with Crippen LogP contribution in [0.2, 0.25) is 0 Å². The highest BCUT2D eigenvalue weighted by atomic mass is 16.5. The van der Waals surface area contributed by atoms with Crippen molar-refractivity contribution in [2.45, 2.75) is 38.3 Å². The Morgan fingerprint density at radius 3 is 2.65 bits per heavy atom. The number of carbonyl (C=O) groups is 2. The maximum atomic E-state index is 12.5. The standard InChI is InChI=1S/C15H22N2O3/c1-11(18)17-8-9-20-14-6-7-16(10-13(14)17)15(19)12-4-2-3-5-12/h2-3,12-14H,4-10H2,1H3/t13-,14-/m1/s1. The molecule has 2 heterocycles. The Morgan fingerprint density at radius 1 is 1.20 bits per heavy atom. The number of nitrogens with zero attached hydrogens (tertiary/aromatic N) is 2. The van der Waals surface area contributed by atoms with Gasteiger partial charge < -0.3 is 14.5 Å². The topological polar surface area (TPSA) is 49.9 Å². The summed E-state index contributed by atoms with van der Waals surface area (Å²) in [4.78, 5) is 28.0. The summed E-state index contributed by atoms with van der Waals surface area (Å²) >= 11 is 0. The van der Waals surface area contributed by atoms with E-state index >= 15 is 0 Å². The molecule has 0 N–H and O–H groups in total. The smallest absolute Gasteiger partial charge is 0.226 e. The zero-order valence-electron chi connectivity index (χ0n) is 12.0. The molecule has 0 radical (unpaired) electrons. The molecule has 3 rings (SSSR count). The predicted octanol–water partition coefficient (Wildman–Crippen LogP) is 0.801. The maximum Gasteiger partial charge on any atom is 0.226 e. The summed E-state index contributed by atoms with van der Waals surface area (Å²) in [6.45, 7) is 4.23. The van der Waals surface area contributed by atoms with Gasteiger partial charge in [-0.05, 0) is 19.3 Å². The van der Waals surface area contributed by atoms with E-state index in [0.717, 1.165) is 25.8 Å². The number of allylic oxidation sites excluding steroid dienone is 2. The van der Waals surface area contributed by atoms with Gasteiger partial charge in [0, 0.05) is 32.5 Å². The molecule has 3 aliphatic rings. The Hall–Kier alpha value is -1.36. The molecule has 110 valence electrons. The number of hydrogen-bond donors (Lipinski definition) is 0. The molecule has 2 saturated heterocycles. The third-order valence-corrected chi connectivity index (χ3v) is 4.66. The number of morpholine rings is 1. The molecule has 0 spiro atoms. The number of hydrogen-bond acceptors (Lipinski definition) is 3. The van der Waals surface area contributed by atoms with Crippen molar-refractivity contribution in [1.82, 2.24) is 9.80 Å². The van der Waals surface area contributed by atoms with Crippen LogP contribution < -0.4 is 0 Å². The Balaban J connectivity index is 1.68. The van der Waals surface area contributed by atoms with Crippen LogP contribution in [0.1, 0.15) is 26.2 Å². The van der Waals surface area contributed by atoms with Gasteiger partial charge >= 0.3 is 0 Å². The molecule has 5 heteroatoms. The number of fused-ring (bicyclic) bond motifs is 1. The minimum atomic E-state index is 0.0355. The van der Waals surface area contributed by atoms with Crippen LogP contribution >= 0.6 is 0 Å². The van der Waals surface area contributed by atoms with Gasteiger partial charge in [-0.1, -0.05) is 12.2 Å². The number of amides is 2. The summed E-state index contributed by atoms with van der Waals surface area (Å²) in [6.07, 6.45) is 6.81. The highest BCUT2D eigenvalue weighted by Crippen LogP contribution is 2.27. The molecule has 0 saturated carbocycles. The SMILES string of the molecule is CC(=O)N1CCO[C@@H]2CCN(C(=O)C3CC=CC3)C[C@H]21. The van der Waals surface area contributed by atoms with E-state index in [1.54, 1.807) is 6.92 Å². The number of rotatable bonds is 1. The van der Waals surface area contributed by atoms with Gasteiger partial charge in [0.1, 0.15) is 0 Å². The average Bonchev–Trinajstić information content (AvgIpc) is 2.99. The second kappa shape index (κ2) is 5.56. The van der Waals surface area contributed by atoms with Crippen LogP contribution in [0, 0.1) is 5.92 Å². The third kappa shape index (κ3) is 2.46. The average molecular weight is 278 g/mol. The monoisotopic (exact) mass is 278 g/mol. The first kappa shape index (κ1) is 13.6. The van der Waals surface area contributed by atoms with Gasteiger partial charge in [-0.3, -0.25) is 9.59 Å². The molecule has 2 aliphatic heterocycles. The van der Waals surface area contributed by atoms with E-state index < -0.39 is 0 Å². The summed E-state index contributed by atoms with van der Waals surface area (Å²) in [7, 11) is 0. The van der Waals surface area contributed by atoms with Gasteiger partial charge in [0.15, 0.2) is 0 Å². The molecule has 0 bridgehead atoms. The van der Waals surface area contributed by atoms with Gasteiger partial charge in [0.2, 0.25) is 11.8 Å². The summed E-state index contributed by atoms with van der Waals surface area (Å²) in [5.74, 6) is 0.435. The van der Waals surface area contributed by atoms with Crippen molar-refractivity contribution in [2.24, 2.45) is 5.92 Å². The normalized spacial score (nSPS) is 30.4. The van der Waals surface area contributed by atoms with Crippen LogP contribution in [0.4, 0.5) is 0 Å². The molecule has 1 aliphatic carbocycles. The van der Waals surface area contributed by atoms with Crippen LogP contribution in [0.15, 0.2) is 12.2 Å². The highest BCUT2D eigenvalue weighted by molar-refractivity contribution is 5.80. The predicted molar refractivity (Wildman–Crippen MR) is 74.0 cm³/mol. The summed E-state index contributed by atoms with van der Waals surface area (Å²) in [5, 5.41) is 0. The fraction of sp³-hybridized carbons (Fsp3) is 0.733. The zero-order valence-corrected chi connectivity index (χ0v) is 12.0. The molecule has 0 aromatic carbocycles. The van der Waals surface area contributed by atoms with Crippen molar-refractivity contribution in [3.05, 3.63) is 12.2 Å². The van der Waals surface area contributed by atoms with Gasteiger partial charge in [0.05, 0.1) is 18.8 Å². The quantitative estimate of drug-likeness (QED) is 0.667. The first-order valence-corrected chi connectivity index (χ1v) is 7.49. The number of ether oxygens (including phenoxy) is 1. The van der Waals surface area contributed by atoms with Crippen molar-refractivity contribution in [1.29, 1.82) is 0 Å². The fourth-order valence-corrected chi connectivity index (χ4v) is 3.54. The highest BCUT2D eigenvalue weighted by Gasteiger charge is 2.40. The second-order valence-electron chi connectivity index (χ2n) is 5.90. The van der Waals surface area contributed by atoms with Crippen molar-refractivity contribution >= 4 is 11.8 Å². The van der Waals surface area contributed by atoms with Crippen molar-refractivity contribution in [3.63, 3.8) is 0 Å². The van der Waals surface area contributed by atoms with Crippen LogP contribution in [-0.4, -0.2) is 60.0 Å². The van der Waals surface area contributed by atoms with Crippen LogP contribution in [0.3, 0.4) is 0 Å². The van der Waals surface area contributed by atoms with E-state index in [9.17, 15) is 9.59 Å². The lowest BCUT2D eigenvalue weighted by Gasteiger charge is -2.47. The Labute approximate surface area is 119 Å². The van der Waals surface area contributed by atoms with Gasteiger partial charge in [-0.2, -0.15) is 0 Å². The van der Waals surface area contributed by atoms with E-state index in [0.29, 0.717) is 19.7 Å². The minimum Gasteiger partial charge on any atom is -0.374 e. The Bertz CT molecular complexity index is 427. The number of piperidine rings is 1. The molecule has 0 unspecified atom stereocenters. The first-order valence-electron chi connectivity index (χ1n) is 7.49. The van der Waals surface area contributed by atoms with E-state index in [1.165, 1.54) is 0 Å². The zero-order chi connectivity index (χ0) is 14.1. The molecule has 2 fully saturated rings. The van der Waals surface area contributed by atoms with Gasteiger partial charge in [-0.15, -0.1) is 0 Å². The Morgan fingerprint density at radius 2 is 1.95 bits per heavy atom. The molecule has 0 aromatic rings. The van der Waals surface area contributed by atoms with Crippen LogP contribution in [-0.2, 0) is 14.3 Å². The molecule has 5 nitrogen and oxygen atoms in total. The number of carbonyl (C=O) groups excluding carboxylic acids is 2. The lowest BCUT2D eigenvalue weighted by Crippen LogP contribution is -2.62. The minimum absolute atomic E-state index is 0.0355. The van der Waals surface area contributed by atoms with E-state index in [-0.39, 0.29) is 29.9 Å². The number of likely N-dealkylation sites (tertiary alicyclic amines) is 1. The van der Waals surface area contributed by atoms with Gasteiger partial charge in [-0.25, -0.2) is 0 Å².